The number of nitrogens with zero attached hydrogens (tertiary/aromatic N) is 2. The molecule has 100 valence electrons. The predicted octanol–water partition coefficient (Wildman–Crippen LogP) is 1.36. The summed E-state index contributed by atoms with van der Waals surface area (Å²) >= 11 is 1.23. The minimum Gasteiger partial charge on any atom is -0.477 e. The van der Waals surface area contributed by atoms with E-state index in [1.54, 1.807) is 0 Å². The van der Waals surface area contributed by atoms with Crippen LogP contribution in [0.1, 0.15) is 28.7 Å². The number of aromatic carboxylic acids is 1. The van der Waals surface area contributed by atoms with Crippen LogP contribution in [0.25, 0.3) is 0 Å². The molecule has 1 saturated heterocycles. The Hall–Kier alpha value is -0.950. The Balaban J connectivity index is 2.20. The predicted molar refractivity (Wildman–Crippen MR) is 73.2 cm³/mol. The fraction of sp³-hybridized carbons (Fsp3) is 0.636. The average molecular weight is 288 g/mol. The van der Waals surface area contributed by atoms with Gasteiger partial charge in [0.05, 0.1) is 5.69 Å². The molecule has 0 unspecified atom stereocenters. The summed E-state index contributed by atoms with van der Waals surface area (Å²) in [4.78, 5) is 18.0. The van der Waals surface area contributed by atoms with Crippen LogP contribution < -0.4 is 4.90 Å². The molecule has 1 N–H and O–H groups in total. The van der Waals surface area contributed by atoms with Gasteiger partial charge in [-0.05, 0) is 6.42 Å². The maximum atomic E-state index is 11.3. The highest BCUT2D eigenvalue weighted by atomic mass is 32.2. The number of carboxylic acids is 1. The van der Waals surface area contributed by atoms with E-state index < -0.39 is 16.8 Å². The molecule has 0 bridgehead atoms. The Morgan fingerprint density at radius 3 is 2.72 bits per heavy atom. The van der Waals surface area contributed by atoms with Gasteiger partial charge in [-0.1, -0.05) is 24.7 Å². The third kappa shape index (κ3) is 2.89. The highest BCUT2D eigenvalue weighted by Gasteiger charge is 2.22. The summed E-state index contributed by atoms with van der Waals surface area (Å²) in [5, 5.41) is 9.91. The average Bonchev–Trinajstić information content (AvgIpc) is 2.75. The molecule has 1 aromatic rings. The lowest BCUT2D eigenvalue weighted by atomic mass is 10.2. The summed E-state index contributed by atoms with van der Waals surface area (Å²) < 4.78 is 11.3. The molecule has 7 heteroatoms. The maximum absolute atomic E-state index is 11.3. The van der Waals surface area contributed by atoms with Gasteiger partial charge >= 0.3 is 5.97 Å². The summed E-state index contributed by atoms with van der Waals surface area (Å²) in [5.74, 6) is 0.388. The molecule has 0 atom stereocenters. The number of thiazole rings is 1. The molecule has 1 aliphatic heterocycles. The van der Waals surface area contributed by atoms with Gasteiger partial charge in [0.25, 0.3) is 0 Å². The molecule has 0 aromatic carbocycles. The van der Waals surface area contributed by atoms with Crippen LogP contribution in [0.2, 0.25) is 0 Å². The van der Waals surface area contributed by atoms with Crippen LogP contribution >= 0.6 is 11.3 Å². The van der Waals surface area contributed by atoms with Crippen LogP contribution in [0.3, 0.4) is 0 Å². The van der Waals surface area contributed by atoms with Crippen molar-refractivity contribution in [2.24, 2.45) is 0 Å². The van der Waals surface area contributed by atoms with Crippen LogP contribution in [-0.4, -0.2) is 44.9 Å². The highest BCUT2D eigenvalue weighted by molar-refractivity contribution is 7.85. The summed E-state index contributed by atoms with van der Waals surface area (Å²) in [6, 6.07) is 0. The molecular formula is C11H16N2O3S2. The van der Waals surface area contributed by atoms with E-state index in [2.05, 4.69) is 4.98 Å². The second kappa shape index (κ2) is 5.79. The first kappa shape index (κ1) is 13.5. The lowest BCUT2D eigenvalue weighted by Gasteiger charge is -2.25. The first-order chi connectivity index (χ1) is 8.61. The van der Waals surface area contributed by atoms with Crippen molar-refractivity contribution in [3.8, 4) is 0 Å². The molecular weight excluding hydrogens is 272 g/mol. The summed E-state index contributed by atoms with van der Waals surface area (Å²) in [6.45, 7) is 3.41. The van der Waals surface area contributed by atoms with Crippen LogP contribution in [-0.2, 0) is 17.2 Å². The molecule has 0 radical (unpaired) electrons. The van der Waals surface area contributed by atoms with E-state index in [0.29, 0.717) is 41.6 Å². The Morgan fingerprint density at radius 2 is 2.17 bits per heavy atom. The van der Waals surface area contributed by atoms with E-state index >= 15 is 0 Å². The molecule has 1 aliphatic rings. The number of rotatable bonds is 4. The molecule has 2 heterocycles. The van der Waals surface area contributed by atoms with Gasteiger partial charge in [-0.3, -0.25) is 4.21 Å². The fourth-order valence-electron chi connectivity index (χ4n) is 1.88. The van der Waals surface area contributed by atoms with Crippen molar-refractivity contribution < 1.29 is 14.1 Å². The van der Waals surface area contributed by atoms with Crippen LogP contribution in [0.5, 0.6) is 0 Å². The number of hydrogen-bond acceptors (Lipinski definition) is 5. The van der Waals surface area contributed by atoms with Crippen molar-refractivity contribution in [1.29, 1.82) is 0 Å². The molecule has 1 aromatic heterocycles. The van der Waals surface area contributed by atoms with Gasteiger partial charge in [-0.25, -0.2) is 9.78 Å². The first-order valence-corrected chi connectivity index (χ1v) is 8.25. The monoisotopic (exact) mass is 288 g/mol. The Labute approximate surface area is 112 Å². The van der Waals surface area contributed by atoms with E-state index in [9.17, 15) is 9.00 Å². The Kier molecular flexibility index (Phi) is 4.34. The van der Waals surface area contributed by atoms with Gasteiger partial charge in [0.1, 0.15) is 4.88 Å². The van der Waals surface area contributed by atoms with E-state index in [0.717, 1.165) is 11.6 Å². The zero-order valence-corrected chi connectivity index (χ0v) is 11.9. The van der Waals surface area contributed by atoms with Gasteiger partial charge in [0.15, 0.2) is 5.13 Å². The van der Waals surface area contributed by atoms with Crippen molar-refractivity contribution >= 4 is 33.2 Å². The SMILES string of the molecule is CCCc1nc(N2CCS(=O)CC2)sc1C(=O)O. The lowest BCUT2D eigenvalue weighted by molar-refractivity contribution is 0.0700. The standard InChI is InChI=1S/C11H16N2O3S2/c1-2-3-8-9(10(14)15)17-11(12-8)13-4-6-18(16)7-5-13/h2-7H2,1H3,(H,14,15). The molecule has 2 rings (SSSR count). The fourth-order valence-corrected chi connectivity index (χ4v) is 3.93. The van der Waals surface area contributed by atoms with Crippen LogP contribution in [0.4, 0.5) is 5.13 Å². The third-order valence-electron chi connectivity index (χ3n) is 2.82. The number of carbonyl (C=O) groups is 1. The minimum absolute atomic E-state index is 0.346. The molecule has 0 amide bonds. The number of carboxylic acid groups (broad SMARTS) is 1. The zero-order chi connectivity index (χ0) is 13.1. The molecule has 0 saturated carbocycles. The topological polar surface area (TPSA) is 70.5 Å². The maximum Gasteiger partial charge on any atom is 0.347 e. The van der Waals surface area contributed by atoms with E-state index in [1.165, 1.54) is 11.3 Å². The molecule has 1 fully saturated rings. The smallest absolute Gasteiger partial charge is 0.347 e. The van der Waals surface area contributed by atoms with E-state index in [1.807, 2.05) is 11.8 Å². The Morgan fingerprint density at radius 1 is 1.50 bits per heavy atom. The summed E-state index contributed by atoms with van der Waals surface area (Å²) in [6.07, 6.45) is 1.57. The number of hydrogen-bond donors (Lipinski definition) is 1. The van der Waals surface area contributed by atoms with Gasteiger partial charge in [0.2, 0.25) is 0 Å². The number of anilines is 1. The molecule has 0 aliphatic carbocycles. The Bertz CT molecular complexity index is 463. The minimum atomic E-state index is -0.900. The van der Waals surface area contributed by atoms with Crippen LogP contribution in [0, 0.1) is 0 Å². The number of aryl methyl sites for hydroxylation is 1. The summed E-state index contributed by atoms with van der Waals surface area (Å²) in [7, 11) is -0.727. The second-order valence-electron chi connectivity index (χ2n) is 4.16. The van der Waals surface area contributed by atoms with E-state index in [-0.39, 0.29) is 0 Å². The molecule has 0 spiro atoms. The van der Waals surface area contributed by atoms with Gasteiger partial charge in [-0.15, -0.1) is 0 Å². The molecule has 5 nitrogen and oxygen atoms in total. The largest absolute Gasteiger partial charge is 0.477 e. The van der Waals surface area contributed by atoms with Gasteiger partial charge in [0, 0.05) is 35.4 Å². The van der Waals surface area contributed by atoms with Crippen LogP contribution in [0.15, 0.2) is 0 Å². The quantitative estimate of drug-likeness (QED) is 0.906. The van der Waals surface area contributed by atoms with E-state index in [4.69, 9.17) is 5.11 Å². The summed E-state index contributed by atoms with van der Waals surface area (Å²) in [5.41, 5.74) is 0.677. The first-order valence-electron chi connectivity index (χ1n) is 5.94. The van der Waals surface area contributed by atoms with Crippen molar-refractivity contribution in [2.45, 2.75) is 19.8 Å². The number of aromatic nitrogens is 1. The third-order valence-corrected chi connectivity index (χ3v) is 5.24. The van der Waals surface area contributed by atoms with Crippen molar-refractivity contribution in [2.75, 3.05) is 29.5 Å². The van der Waals surface area contributed by atoms with Gasteiger partial charge in [-0.2, -0.15) is 0 Å². The highest BCUT2D eigenvalue weighted by Crippen LogP contribution is 2.28. The van der Waals surface area contributed by atoms with Crippen molar-refractivity contribution in [3.05, 3.63) is 10.6 Å². The second-order valence-corrected chi connectivity index (χ2v) is 6.84. The zero-order valence-electron chi connectivity index (χ0n) is 10.2. The van der Waals surface area contributed by atoms with Gasteiger partial charge < -0.3 is 10.0 Å². The lowest BCUT2D eigenvalue weighted by Crippen LogP contribution is -2.37. The molecule has 18 heavy (non-hydrogen) atoms. The normalized spacial score (nSPS) is 17.1. The van der Waals surface area contributed by atoms with Crippen molar-refractivity contribution in [3.63, 3.8) is 0 Å². The van der Waals surface area contributed by atoms with Crippen molar-refractivity contribution in [1.82, 2.24) is 4.98 Å².